The molecular weight excluding hydrogens is 202 g/mol. The van der Waals surface area contributed by atoms with Crippen LogP contribution in [0.3, 0.4) is 0 Å². The summed E-state index contributed by atoms with van der Waals surface area (Å²) >= 11 is 0. The number of hydrogen-bond acceptors (Lipinski definition) is 3. The van der Waals surface area contributed by atoms with E-state index in [2.05, 4.69) is 23.7 Å². The summed E-state index contributed by atoms with van der Waals surface area (Å²) in [6.45, 7) is 9.50. The van der Waals surface area contributed by atoms with E-state index >= 15 is 0 Å². The lowest BCUT2D eigenvalue weighted by Crippen LogP contribution is -2.46. The Balaban J connectivity index is 2.32. The Morgan fingerprint density at radius 2 is 2.44 bits per heavy atom. The lowest BCUT2D eigenvalue weighted by Gasteiger charge is -2.36. The molecule has 0 aromatic heterocycles. The summed E-state index contributed by atoms with van der Waals surface area (Å²) in [5, 5.41) is 2.79. The van der Waals surface area contributed by atoms with E-state index < -0.39 is 0 Å². The molecule has 1 aliphatic heterocycles. The maximum atomic E-state index is 11.5. The molecule has 16 heavy (non-hydrogen) atoms. The first-order valence-electron chi connectivity index (χ1n) is 5.97. The first-order valence-corrected chi connectivity index (χ1v) is 5.97. The molecule has 4 nitrogen and oxygen atoms in total. The monoisotopic (exact) mass is 225 g/mol. The van der Waals surface area contributed by atoms with Crippen LogP contribution < -0.4 is 11.1 Å². The normalized spacial score (nSPS) is 26.4. The molecule has 1 aliphatic rings. The van der Waals surface area contributed by atoms with Crippen LogP contribution in [0.2, 0.25) is 0 Å². The minimum absolute atomic E-state index is 0.0743. The fraction of sp³-hybridized carbons (Fsp3) is 0.750. The van der Waals surface area contributed by atoms with Crippen molar-refractivity contribution in [2.75, 3.05) is 32.7 Å². The van der Waals surface area contributed by atoms with Crippen molar-refractivity contribution in [1.82, 2.24) is 10.2 Å². The van der Waals surface area contributed by atoms with Gasteiger partial charge in [0.25, 0.3) is 0 Å². The van der Waals surface area contributed by atoms with Crippen LogP contribution in [-0.2, 0) is 4.79 Å². The van der Waals surface area contributed by atoms with Gasteiger partial charge in [-0.1, -0.05) is 13.0 Å². The second-order valence-corrected chi connectivity index (χ2v) is 4.59. The summed E-state index contributed by atoms with van der Waals surface area (Å²) in [5.41, 5.74) is 5.73. The predicted molar refractivity (Wildman–Crippen MR) is 66.0 cm³/mol. The Labute approximate surface area is 97.9 Å². The topological polar surface area (TPSA) is 58.4 Å². The number of nitrogens with zero attached hydrogens (tertiary/aromatic N) is 1. The van der Waals surface area contributed by atoms with Crippen molar-refractivity contribution < 1.29 is 4.79 Å². The zero-order valence-electron chi connectivity index (χ0n) is 10.1. The fourth-order valence-corrected chi connectivity index (χ4v) is 2.12. The Kier molecular flexibility index (Phi) is 5.49. The van der Waals surface area contributed by atoms with E-state index in [0.29, 0.717) is 31.5 Å². The summed E-state index contributed by atoms with van der Waals surface area (Å²) < 4.78 is 0. The highest BCUT2D eigenvalue weighted by molar-refractivity contribution is 5.78. The van der Waals surface area contributed by atoms with Gasteiger partial charge in [0.2, 0.25) is 5.91 Å². The number of rotatable bonds is 5. The van der Waals surface area contributed by atoms with Gasteiger partial charge < -0.3 is 11.1 Å². The quantitative estimate of drug-likeness (QED) is 0.657. The smallest absolute Gasteiger partial charge is 0.234 e. The van der Waals surface area contributed by atoms with Crippen LogP contribution in [0.4, 0.5) is 0 Å². The predicted octanol–water partition coefficient (Wildman–Crippen LogP) is 0.205. The number of nitrogens with one attached hydrogen (secondary N) is 1. The molecule has 1 heterocycles. The van der Waals surface area contributed by atoms with E-state index in [4.69, 9.17) is 5.73 Å². The molecule has 1 rings (SSSR count). The van der Waals surface area contributed by atoms with Crippen LogP contribution in [-0.4, -0.2) is 43.5 Å². The maximum Gasteiger partial charge on any atom is 0.234 e. The SMILES string of the molecule is C=CCNC(=O)CN1CCC(C)C(CN)C1. The number of amides is 1. The van der Waals surface area contributed by atoms with Crippen molar-refractivity contribution in [3.63, 3.8) is 0 Å². The average Bonchev–Trinajstić information content (AvgIpc) is 2.29. The molecular formula is C12H23N3O. The average molecular weight is 225 g/mol. The highest BCUT2D eigenvalue weighted by Crippen LogP contribution is 2.21. The number of hydrogen-bond donors (Lipinski definition) is 2. The van der Waals surface area contributed by atoms with Gasteiger partial charge in [0.1, 0.15) is 0 Å². The van der Waals surface area contributed by atoms with Gasteiger partial charge in [-0.15, -0.1) is 6.58 Å². The van der Waals surface area contributed by atoms with Crippen molar-refractivity contribution in [3.05, 3.63) is 12.7 Å². The van der Waals surface area contributed by atoms with E-state index in [-0.39, 0.29) is 5.91 Å². The highest BCUT2D eigenvalue weighted by Gasteiger charge is 2.25. The van der Waals surface area contributed by atoms with Gasteiger partial charge in [0.05, 0.1) is 6.54 Å². The molecule has 0 bridgehead atoms. The number of carbonyl (C=O) groups excluding carboxylic acids is 1. The standard InChI is InChI=1S/C12H23N3O/c1-3-5-14-12(16)9-15-6-4-10(2)11(7-13)8-15/h3,10-11H,1,4-9,13H2,2H3,(H,14,16). The molecule has 1 amide bonds. The third-order valence-corrected chi connectivity index (χ3v) is 3.31. The molecule has 3 N–H and O–H groups in total. The van der Waals surface area contributed by atoms with Crippen LogP contribution in [0.15, 0.2) is 12.7 Å². The first-order chi connectivity index (χ1) is 7.67. The number of carbonyl (C=O) groups is 1. The van der Waals surface area contributed by atoms with Gasteiger partial charge in [-0.25, -0.2) is 0 Å². The van der Waals surface area contributed by atoms with E-state index in [1.54, 1.807) is 6.08 Å². The van der Waals surface area contributed by atoms with Gasteiger partial charge >= 0.3 is 0 Å². The molecule has 0 spiro atoms. The van der Waals surface area contributed by atoms with Gasteiger partial charge in [-0.3, -0.25) is 9.69 Å². The zero-order chi connectivity index (χ0) is 12.0. The van der Waals surface area contributed by atoms with Crippen molar-refractivity contribution in [2.45, 2.75) is 13.3 Å². The lowest BCUT2D eigenvalue weighted by molar-refractivity contribution is -0.122. The van der Waals surface area contributed by atoms with Crippen LogP contribution in [0, 0.1) is 11.8 Å². The summed E-state index contributed by atoms with van der Waals surface area (Å²) in [7, 11) is 0. The van der Waals surface area contributed by atoms with Gasteiger partial charge in [0, 0.05) is 13.1 Å². The molecule has 0 aliphatic carbocycles. The molecule has 2 unspecified atom stereocenters. The minimum atomic E-state index is 0.0743. The zero-order valence-corrected chi connectivity index (χ0v) is 10.1. The summed E-state index contributed by atoms with van der Waals surface area (Å²) in [5.74, 6) is 1.28. The van der Waals surface area contributed by atoms with Gasteiger partial charge in [0.15, 0.2) is 0 Å². The Morgan fingerprint density at radius 3 is 3.06 bits per heavy atom. The number of likely N-dealkylation sites (tertiary alicyclic amines) is 1. The van der Waals surface area contributed by atoms with Crippen molar-refractivity contribution >= 4 is 5.91 Å². The number of piperidine rings is 1. The Hall–Kier alpha value is -0.870. The largest absolute Gasteiger partial charge is 0.352 e. The van der Waals surface area contributed by atoms with E-state index in [1.807, 2.05) is 0 Å². The fourth-order valence-electron chi connectivity index (χ4n) is 2.12. The lowest BCUT2D eigenvalue weighted by atomic mass is 9.87. The number of nitrogens with two attached hydrogens (primary N) is 1. The maximum absolute atomic E-state index is 11.5. The Morgan fingerprint density at radius 1 is 1.69 bits per heavy atom. The third kappa shape index (κ3) is 3.94. The summed E-state index contributed by atoms with van der Waals surface area (Å²) in [4.78, 5) is 13.7. The third-order valence-electron chi connectivity index (χ3n) is 3.31. The molecule has 0 radical (unpaired) electrons. The van der Waals surface area contributed by atoms with Gasteiger partial charge in [-0.2, -0.15) is 0 Å². The van der Waals surface area contributed by atoms with Crippen molar-refractivity contribution in [1.29, 1.82) is 0 Å². The van der Waals surface area contributed by atoms with Crippen LogP contribution in [0.5, 0.6) is 0 Å². The molecule has 92 valence electrons. The molecule has 0 aromatic carbocycles. The van der Waals surface area contributed by atoms with Crippen LogP contribution in [0.25, 0.3) is 0 Å². The van der Waals surface area contributed by atoms with Gasteiger partial charge in [-0.05, 0) is 31.3 Å². The molecule has 4 heteroatoms. The van der Waals surface area contributed by atoms with E-state index in [1.165, 1.54) is 0 Å². The van der Waals surface area contributed by atoms with E-state index in [0.717, 1.165) is 19.5 Å². The molecule has 0 aromatic rings. The van der Waals surface area contributed by atoms with Crippen molar-refractivity contribution in [3.8, 4) is 0 Å². The van der Waals surface area contributed by atoms with Crippen LogP contribution in [0.1, 0.15) is 13.3 Å². The second kappa shape index (κ2) is 6.66. The minimum Gasteiger partial charge on any atom is -0.352 e. The molecule has 2 atom stereocenters. The highest BCUT2D eigenvalue weighted by atomic mass is 16.2. The molecule has 1 saturated heterocycles. The van der Waals surface area contributed by atoms with Crippen LogP contribution >= 0.6 is 0 Å². The van der Waals surface area contributed by atoms with Crippen molar-refractivity contribution in [2.24, 2.45) is 17.6 Å². The summed E-state index contributed by atoms with van der Waals surface area (Å²) in [6.07, 6.45) is 2.83. The Bertz CT molecular complexity index is 242. The molecule has 1 fully saturated rings. The van der Waals surface area contributed by atoms with E-state index in [9.17, 15) is 4.79 Å². The first kappa shape index (κ1) is 13.2. The molecule has 0 saturated carbocycles. The summed E-state index contributed by atoms with van der Waals surface area (Å²) in [6, 6.07) is 0. The second-order valence-electron chi connectivity index (χ2n) is 4.59.